The maximum Gasteiger partial charge on any atom is 0.165 e. The SMILES string of the molecule is CN=C1C[C@]23c4c(C)ccc(OC)c4O[C@H]2[C@@H](O)C=C[C@@H]13. The molecule has 4 heteroatoms. The van der Waals surface area contributed by atoms with E-state index in [1.54, 1.807) is 7.11 Å². The van der Waals surface area contributed by atoms with Gasteiger partial charge >= 0.3 is 0 Å². The van der Waals surface area contributed by atoms with Crippen LogP contribution in [0.4, 0.5) is 0 Å². The van der Waals surface area contributed by atoms with Crippen LogP contribution in [0.3, 0.4) is 0 Å². The molecule has 4 rings (SSSR count). The molecule has 1 heterocycles. The van der Waals surface area contributed by atoms with Crippen LogP contribution < -0.4 is 9.47 Å². The zero-order valence-electron chi connectivity index (χ0n) is 12.5. The van der Waals surface area contributed by atoms with Crippen molar-refractivity contribution >= 4 is 5.71 Å². The molecule has 0 bridgehead atoms. The van der Waals surface area contributed by atoms with E-state index in [0.717, 1.165) is 17.9 Å². The molecule has 1 saturated carbocycles. The highest BCUT2D eigenvalue weighted by atomic mass is 16.5. The quantitative estimate of drug-likeness (QED) is 0.803. The Kier molecular flexibility index (Phi) is 2.52. The molecule has 4 atom stereocenters. The Balaban J connectivity index is 1.96. The van der Waals surface area contributed by atoms with Gasteiger partial charge in [0.1, 0.15) is 12.2 Å². The molecule has 0 amide bonds. The average Bonchev–Trinajstić information content (AvgIpc) is 2.83. The molecular formula is C17H19NO3. The predicted molar refractivity (Wildman–Crippen MR) is 80.4 cm³/mol. The number of hydrogen-bond donors (Lipinski definition) is 1. The maximum atomic E-state index is 10.4. The van der Waals surface area contributed by atoms with E-state index in [4.69, 9.17) is 9.47 Å². The van der Waals surface area contributed by atoms with Gasteiger partial charge in [0.2, 0.25) is 0 Å². The van der Waals surface area contributed by atoms with Gasteiger partial charge in [0.25, 0.3) is 0 Å². The highest BCUT2D eigenvalue weighted by Crippen LogP contribution is 2.62. The molecule has 1 fully saturated rings. The number of aliphatic hydroxyl groups is 1. The van der Waals surface area contributed by atoms with Crippen molar-refractivity contribution in [3.63, 3.8) is 0 Å². The van der Waals surface area contributed by atoms with E-state index in [-0.39, 0.29) is 17.4 Å². The third-order valence-electron chi connectivity index (χ3n) is 5.25. The summed E-state index contributed by atoms with van der Waals surface area (Å²) < 4.78 is 11.6. The van der Waals surface area contributed by atoms with Crippen LogP contribution in [0.15, 0.2) is 29.3 Å². The summed E-state index contributed by atoms with van der Waals surface area (Å²) in [7, 11) is 3.49. The highest BCUT2D eigenvalue weighted by molar-refractivity contribution is 5.99. The second-order valence-corrected chi connectivity index (χ2v) is 6.11. The first-order valence-electron chi connectivity index (χ1n) is 7.30. The summed E-state index contributed by atoms with van der Waals surface area (Å²) in [6.07, 6.45) is 3.94. The molecule has 1 aromatic carbocycles. The monoisotopic (exact) mass is 285 g/mol. The number of benzene rings is 1. The van der Waals surface area contributed by atoms with E-state index >= 15 is 0 Å². The first kappa shape index (κ1) is 12.9. The molecule has 1 aliphatic heterocycles. The van der Waals surface area contributed by atoms with Crippen molar-refractivity contribution in [2.24, 2.45) is 10.9 Å². The van der Waals surface area contributed by atoms with Crippen molar-refractivity contribution < 1.29 is 14.6 Å². The molecule has 0 unspecified atom stereocenters. The first-order chi connectivity index (χ1) is 10.1. The first-order valence-corrected chi connectivity index (χ1v) is 7.30. The van der Waals surface area contributed by atoms with Crippen molar-refractivity contribution in [1.82, 2.24) is 0 Å². The topological polar surface area (TPSA) is 51.0 Å². The number of nitrogens with zero attached hydrogens (tertiary/aromatic N) is 1. The summed E-state index contributed by atoms with van der Waals surface area (Å²) in [5.41, 5.74) is 3.38. The predicted octanol–water partition coefficient (Wildman–Crippen LogP) is 2.02. The highest BCUT2D eigenvalue weighted by Gasteiger charge is 2.65. The Morgan fingerprint density at radius 3 is 2.90 bits per heavy atom. The van der Waals surface area contributed by atoms with Gasteiger partial charge in [0.15, 0.2) is 11.5 Å². The largest absolute Gasteiger partial charge is 0.493 e. The van der Waals surface area contributed by atoms with Gasteiger partial charge in [-0.25, -0.2) is 0 Å². The van der Waals surface area contributed by atoms with Crippen LogP contribution >= 0.6 is 0 Å². The van der Waals surface area contributed by atoms with Crippen LogP contribution in [0.2, 0.25) is 0 Å². The van der Waals surface area contributed by atoms with Crippen LogP contribution in [0.5, 0.6) is 11.5 Å². The van der Waals surface area contributed by atoms with E-state index in [1.165, 1.54) is 16.8 Å². The molecule has 4 nitrogen and oxygen atoms in total. The van der Waals surface area contributed by atoms with Gasteiger partial charge in [0, 0.05) is 30.7 Å². The van der Waals surface area contributed by atoms with Gasteiger partial charge in [-0.3, -0.25) is 4.99 Å². The molecule has 2 aliphatic carbocycles. The molecular weight excluding hydrogens is 266 g/mol. The van der Waals surface area contributed by atoms with Gasteiger partial charge in [-0.1, -0.05) is 18.2 Å². The Morgan fingerprint density at radius 1 is 1.38 bits per heavy atom. The van der Waals surface area contributed by atoms with E-state index < -0.39 is 6.10 Å². The van der Waals surface area contributed by atoms with E-state index in [0.29, 0.717) is 0 Å². The summed E-state index contributed by atoms with van der Waals surface area (Å²) in [6, 6.07) is 4.01. The third-order valence-corrected chi connectivity index (χ3v) is 5.25. The number of aliphatic imine (C=N–C) groups is 1. The van der Waals surface area contributed by atoms with E-state index in [9.17, 15) is 5.11 Å². The Hall–Kier alpha value is -1.81. The molecule has 110 valence electrons. The minimum atomic E-state index is -0.587. The second kappa shape index (κ2) is 4.10. The van der Waals surface area contributed by atoms with Crippen LogP contribution in [-0.2, 0) is 5.41 Å². The molecule has 1 aromatic rings. The van der Waals surface area contributed by atoms with E-state index in [2.05, 4.69) is 24.1 Å². The number of aryl methyl sites for hydroxylation is 1. The number of aliphatic hydroxyl groups excluding tert-OH is 1. The summed E-state index contributed by atoms with van der Waals surface area (Å²) in [6.45, 7) is 2.10. The van der Waals surface area contributed by atoms with Gasteiger partial charge in [-0.15, -0.1) is 0 Å². The van der Waals surface area contributed by atoms with Crippen molar-refractivity contribution in [1.29, 1.82) is 0 Å². The lowest BCUT2D eigenvalue weighted by Gasteiger charge is -2.52. The smallest absolute Gasteiger partial charge is 0.165 e. The zero-order valence-corrected chi connectivity index (χ0v) is 12.5. The molecule has 0 saturated heterocycles. The van der Waals surface area contributed by atoms with Crippen molar-refractivity contribution in [3.05, 3.63) is 35.4 Å². The Morgan fingerprint density at radius 2 is 2.19 bits per heavy atom. The number of fused-ring (bicyclic) bond motifs is 1. The summed E-state index contributed by atoms with van der Waals surface area (Å²) in [4.78, 5) is 4.40. The van der Waals surface area contributed by atoms with Crippen LogP contribution in [0, 0.1) is 12.8 Å². The molecule has 0 aromatic heterocycles. The second-order valence-electron chi connectivity index (χ2n) is 6.11. The zero-order chi connectivity index (χ0) is 14.8. The summed E-state index contributed by atoms with van der Waals surface area (Å²) >= 11 is 0. The van der Waals surface area contributed by atoms with Gasteiger partial charge < -0.3 is 14.6 Å². The third kappa shape index (κ3) is 1.36. The minimum absolute atomic E-state index is 0.184. The molecule has 3 aliphatic rings. The fourth-order valence-electron chi connectivity index (χ4n) is 4.30. The lowest BCUT2D eigenvalue weighted by Crippen LogP contribution is -2.62. The Bertz CT molecular complexity index is 679. The Labute approximate surface area is 124 Å². The standard InChI is InChI=1S/C17H19NO3/c1-9-4-7-13(20-3)15-14(9)17-8-11(18-2)10(17)5-6-12(19)16(17)21-15/h4-7,10,12,16,19H,8H2,1-3H3/t10-,12-,16-,17-/m0/s1. The average molecular weight is 285 g/mol. The number of ether oxygens (including phenoxy) is 2. The van der Waals surface area contributed by atoms with Gasteiger partial charge in [-0.2, -0.15) is 0 Å². The number of methoxy groups -OCH3 is 1. The summed E-state index contributed by atoms with van der Waals surface area (Å²) in [5.74, 6) is 1.76. The molecule has 1 spiro atoms. The van der Waals surface area contributed by atoms with Crippen LogP contribution in [0.1, 0.15) is 17.5 Å². The molecule has 21 heavy (non-hydrogen) atoms. The lowest BCUT2D eigenvalue weighted by atomic mass is 9.50. The van der Waals surface area contributed by atoms with Crippen LogP contribution in [-0.4, -0.2) is 37.2 Å². The van der Waals surface area contributed by atoms with Crippen LogP contribution in [0.25, 0.3) is 0 Å². The number of rotatable bonds is 1. The molecule has 1 N–H and O–H groups in total. The number of hydrogen-bond acceptors (Lipinski definition) is 4. The maximum absolute atomic E-state index is 10.4. The van der Waals surface area contributed by atoms with Crippen molar-refractivity contribution in [3.8, 4) is 11.5 Å². The van der Waals surface area contributed by atoms with E-state index in [1.807, 2.05) is 19.2 Å². The summed E-state index contributed by atoms with van der Waals surface area (Å²) in [5, 5.41) is 10.4. The molecule has 0 radical (unpaired) electrons. The van der Waals surface area contributed by atoms with Gasteiger partial charge in [-0.05, 0) is 18.6 Å². The normalized spacial score (nSPS) is 37.3. The fourth-order valence-corrected chi connectivity index (χ4v) is 4.30. The minimum Gasteiger partial charge on any atom is -0.493 e. The van der Waals surface area contributed by atoms with Crippen molar-refractivity contribution in [2.75, 3.05) is 14.2 Å². The van der Waals surface area contributed by atoms with Gasteiger partial charge in [0.05, 0.1) is 12.5 Å². The fraction of sp³-hybridized carbons (Fsp3) is 0.471. The number of allylic oxidation sites excluding steroid dienone is 1. The lowest BCUT2D eigenvalue weighted by molar-refractivity contribution is 0.00649. The van der Waals surface area contributed by atoms with Crippen molar-refractivity contribution in [2.45, 2.75) is 31.0 Å².